The Morgan fingerprint density at radius 1 is 1.00 bits per heavy atom. The van der Waals surface area contributed by atoms with Crippen LogP contribution in [0.2, 0.25) is 0 Å². The monoisotopic (exact) mass is 422 g/mol. The number of sulfonamides is 1. The fraction of sp³-hybridized carbons (Fsp3) is 0.350. The molecule has 1 aliphatic heterocycles. The van der Waals surface area contributed by atoms with E-state index in [1.807, 2.05) is 38.1 Å². The van der Waals surface area contributed by atoms with Gasteiger partial charge in [0.1, 0.15) is 5.82 Å². The predicted octanol–water partition coefficient (Wildman–Crippen LogP) is 3.15. The zero-order valence-corrected chi connectivity index (χ0v) is 17.5. The standard InChI is InChI=1S/C20H23FN2O3S2/c1-15-3-7-18(8-4-15)27-16(2)20(24)22-11-13-23(14-12-22)28(25,26)19-9-5-17(21)6-10-19/h3-10,16H,11-14H2,1-2H3/t16-/m0/s1. The Kier molecular flexibility index (Phi) is 6.42. The first-order valence-corrected chi connectivity index (χ1v) is 11.4. The molecule has 0 radical (unpaired) electrons. The molecular weight excluding hydrogens is 399 g/mol. The van der Waals surface area contributed by atoms with Crippen LogP contribution < -0.4 is 0 Å². The summed E-state index contributed by atoms with van der Waals surface area (Å²) in [6.45, 7) is 5.04. The zero-order valence-electron chi connectivity index (χ0n) is 15.8. The summed E-state index contributed by atoms with van der Waals surface area (Å²) in [5.41, 5.74) is 1.17. The average molecular weight is 423 g/mol. The highest BCUT2D eigenvalue weighted by Gasteiger charge is 2.31. The molecule has 0 unspecified atom stereocenters. The first-order chi connectivity index (χ1) is 13.3. The van der Waals surface area contributed by atoms with Crippen LogP contribution in [0.1, 0.15) is 12.5 Å². The van der Waals surface area contributed by atoms with E-state index in [4.69, 9.17) is 0 Å². The van der Waals surface area contributed by atoms with Gasteiger partial charge in [-0.1, -0.05) is 17.7 Å². The van der Waals surface area contributed by atoms with E-state index < -0.39 is 15.8 Å². The second-order valence-electron chi connectivity index (χ2n) is 6.76. The Morgan fingerprint density at radius 2 is 1.57 bits per heavy atom. The van der Waals surface area contributed by atoms with E-state index in [0.29, 0.717) is 13.1 Å². The van der Waals surface area contributed by atoms with E-state index in [1.165, 1.54) is 33.8 Å². The van der Waals surface area contributed by atoms with E-state index in [-0.39, 0.29) is 29.1 Å². The van der Waals surface area contributed by atoms with Crippen molar-refractivity contribution in [2.75, 3.05) is 26.2 Å². The number of thioether (sulfide) groups is 1. The number of carbonyl (C=O) groups excluding carboxylic acids is 1. The van der Waals surface area contributed by atoms with E-state index in [2.05, 4.69) is 0 Å². The van der Waals surface area contributed by atoms with Crippen molar-refractivity contribution in [3.8, 4) is 0 Å². The predicted molar refractivity (Wildman–Crippen MR) is 108 cm³/mol. The molecule has 1 heterocycles. The molecule has 0 bridgehead atoms. The van der Waals surface area contributed by atoms with Crippen LogP contribution in [0, 0.1) is 12.7 Å². The summed E-state index contributed by atoms with van der Waals surface area (Å²) in [5.74, 6) is -0.473. The van der Waals surface area contributed by atoms with Crippen molar-refractivity contribution in [3.05, 3.63) is 59.9 Å². The maximum Gasteiger partial charge on any atom is 0.243 e. The molecule has 0 spiro atoms. The van der Waals surface area contributed by atoms with Crippen LogP contribution in [0.5, 0.6) is 0 Å². The molecule has 0 aliphatic carbocycles. The van der Waals surface area contributed by atoms with Gasteiger partial charge in [-0.2, -0.15) is 4.31 Å². The first-order valence-electron chi connectivity index (χ1n) is 9.05. The summed E-state index contributed by atoms with van der Waals surface area (Å²) in [5, 5.41) is -0.247. The lowest BCUT2D eigenvalue weighted by molar-refractivity contribution is -0.131. The Balaban J connectivity index is 1.58. The van der Waals surface area contributed by atoms with Crippen LogP contribution in [0.4, 0.5) is 4.39 Å². The molecule has 8 heteroatoms. The SMILES string of the molecule is Cc1ccc(S[C@@H](C)C(=O)N2CCN(S(=O)(=O)c3ccc(F)cc3)CC2)cc1. The van der Waals surface area contributed by atoms with Gasteiger partial charge in [-0.15, -0.1) is 11.8 Å². The van der Waals surface area contributed by atoms with Gasteiger partial charge in [0.2, 0.25) is 15.9 Å². The van der Waals surface area contributed by atoms with Gasteiger partial charge in [0.25, 0.3) is 0 Å². The third-order valence-corrected chi connectivity index (χ3v) is 7.70. The number of piperazine rings is 1. The van der Waals surface area contributed by atoms with Gasteiger partial charge in [-0.3, -0.25) is 4.79 Å². The lowest BCUT2D eigenvalue weighted by Crippen LogP contribution is -2.52. The fourth-order valence-corrected chi connectivity index (χ4v) is 5.41. The molecule has 1 atom stereocenters. The fourth-order valence-electron chi connectivity index (χ4n) is 3.03. The quantitative estimate of drug-likeness (QED) is 0.695. The number of carbonyl (C=O) groups is 1. The lowest BCUT2D eigenvalue weighted by atomic mass is 10.2. The van der Waals surface area contributed by atoms with Gasteiger partial charge in [-0.25, -0.2) is 12.8 Å². The number of benzene rings is 2. The first kappa shape index (κ1) is 20.8. The normalized spacial score (nSPS) is 16.8. The summed E-state index contributed by atoms with van der Waals surface area (Å²) in [6, 6.07) is 12.8. The molecule has 1 fully saturated rings. The number of hydrogen-bond acceptors (Lipinski definition) is 4. The number of hydrogen-bond donors (Lipinski definition) is 0. The summed E-state index contributed by atoms with van der Waals surface area (Å²) in [6.07, 6.45) is 0. The minimum Gasteiger partial charge on any atom is -0.339 e. The van der Waals surface area contributed by atoms with Crippen molar-refractivity contribution in [2.45, 2.75) is 28.9 Å². The average Bonchev–Trinajstić information content (AvgIpc) is 2.69. The van der Waals surface area contributed by atoms with Crippen molar-refractivity contribution in [2.24, 2.45) is 0 Å². The van der Waals surface area contributed by atoms with Gasteiger partial charge in [0.15, 0.2) is 0 Å². The van der Waals surface area contributed by atoms with Crippen molar-refractivity contribution in [1.82, 2.24) is 9.21 Å². The summed E-state index contributed by atoms with van der Waals surface area (Å²) in [7, 11) is -3.68. The molecule has 1 saturated heterocycles. The maximum atomic E-state index is 13.1. The van der Waals surface area contributed by atoms with E-state index in [9.17, 15) is 17.6 Å². The van der Waals surface area contributed by atoms with Gasteiger partial charge < -0.3 is 4.90 Å². The highest BCUT2D eigenvalue weighted by Crippen LogP contribution is 2.26. The minimum absolute atomic E-state index is 0.00408. The highest BCUT2D eigenvalue weighted by molar-refractivity contribution is 8.00. The topological polar surface area (TPSA) is 57.7 Å². The second-order valence-corrected chi connectivity index (χ2v) is 10.1. The molecule has 1 aliphatic rings. The molecule has 1 amide bonds. The van der Waals surface area contributed by atoms with Crippen LogP contribution >= 0.6 is 11.8 Å². The van der Waals surface area contributed by atoms with Crippen LogP contribution in [-0.2, 0) is 14.8 Å². The number of aryl methyl sites for hydroxylation is 1. The molecule has 3 rings (SSSR count). The molecule has 0 aromatic heterocycles. The molecular formula is C20H23FN2O3S2. The summed E-state index contributed by atoms with van der Waals surface area (Å²) >= 11 is 1.50. The van der Waals surface area contributed by atoms with Crippen molar-refractivity contribution in [1.29, 1.82) is 0 Å². The van der Waals surface area contributed by atoms with Gasteiger partial charge >= 0.3 is 0 Å². The van der Waals surface area contributed by atoms with E-state index in [1.54, 1.807) is 4.90 Å². The Labute approximate surface area is 169 Å². The van der Waals surface area contributed by atoms with Crippen LogP contribution in [-0.4, -0.2) is 55.0 Å². The third-order valence-electron chi connectivity index (χ3n) is 4.68. The Morgan fingerprint density at radius 3 is 2.14 bits per heavy atom. The number of halogens is 1. The van der Waals surface area contributed by atoms with E-state index in [0.717, 1.165) is 17.0 Å². The lowest BCUT2D eigenvalue weighted by Gasteiger charge is -2.35. The number of nitrogens with zero attached hydrogens (tertiary/aromatic N) is 2. The van der Waals surface area contributed by atoms with Gasteiger partial charge in [0.05, 0.1) is 10.1 Å². The highest BCUT2D eigenvalue weighted by atomic mass is 32.2. The maximum absolute atomic E-state index is 13.1. The number of amides is 1. The molecule has 0 N–H and O–H groups in total. The van der Waals surface area contributed by atoms with E-state index >= 15 is 0 Å². The smallest absolute Gasteiger partial charge is 0.243 e. The molecule has 0 saturated carbocycles. The third kappa shape index (κ3) is 4.74. The summed E-state index contributed by atoms with van der Waals surface area (Å²) in [4.78, 5) is 15.5. The minimum atomic E-state index is -3.68. The van der Waals surface area contributed by atoms with Crippen LogP contribution in [0.3, 0.4) is 0 Å². The molecule has 5 nitrogen and oxygen atoms in total. The molecule has 2 aromatic carbocycles. The Hall–Kier alpha value is -1.90. The largest absolute Gasteiger partial charge is 0.339 e. The van der Waals surface area contributed by atoms with Crippen molar-refractivity contribution in [3.63, 3.8) is 0 Å². The van der Waals surface area contributed by atoms with Crippen LogP contribution in [0.15, 0.2) is 58.3 Å². The van der Waals surface area contributed by atoms with Crippen molar-refractivity contribution < 1.29 is 17.6 Å². The molecule has 2 aromatic rings. The zero-order chi connectivity index (χ0) is 20.3. The number of rotatable bonds is 5. The Bertz CT molecular complexity index is 923. The summed E-state index contributed by atoms with van der Waals surface area (Å²) < 4.78 is 39.8. The van der Waals surface area contributed by atoms with Gasteiger partial charge in [-0.05, 0) is 50.2 Å². The van der Waals surface area contributed by atoms with Crippen molar-refractivity contribution >= 4 is 27.7 Å². The molecule has 28 heavy (non-hydrogen) atoms. The van der Waals surface area contributed by atoms with Crippen LogP contribution in [0.25, 0.3) is 0 Å². The second kappa shape index (κ2) is 8.63. The van der Waals surface area contributed by atoms with Gasteiger partial charge in [0, 0.05) is 31.1 Å². The molecule has 150 valence electrons.